The fourth-order valence-corrected chi connectivity index (χ4v) is 2.50. The van der Waals surface area contributed by atoms with E-state index in [1.54, 1.807) is 7.11 Å². The van der Waals surface area contributed by atoms with Gasteiger partial charge >= 0.3 is 0 Å². The molecule has 1 atom stereocenters. The summed E-state index contributed by atoms with van der Waals surface area (Å²) in [6, 6.07) is 10.7. The van der Waals surface area contributed by atoms with Crippen molar-refractivity contribution in [1.82, 2.24) is 5.32 Å². The minimum absolute atomic E-state index is 0.0839. The fourth-order valence-electron chi connectivity index (χ4n) is 2.50. The Morgan fingerprint density at radius 1 is 1.26 bits per heavy atom. The summed E-state index contributed by atoms with van der Waals surface area (Å²) in [7, 11) is 1.78. The average Bonchev–Trinajstić information content (AvgIpc) is 2.93. The number of benzene rings is 1. The molecule has 0 saturated carbocycles. The van der Waals surface area contributed by atoms with Gasteiger partial charge < -0.3 is 14.8 Å². The SMILES string of the molecule is COC1(CNCCCCc2ccccc2)CCOC1. The number of ether oxygens (including phenoxy) is 2. The molecule has 3 nitrogen and oxygen atoms in total. The molecule has 1 aromatic carbocycles. The predicted octanol–water partition coefficient (Wildman–Crippen LogP) is 2.40. The minimum atomic E-state index is -0.0839. The van der Waals surface area contributed by atoms with Gasteiger partial charge in [-0.2, -0.15) is 0 Å². The molecule has 1 aliphatic rings. The predicted molar refractivity (Wildman–Crippen MR) is 77.4 cm³/mol. The van der Waals surface area contributed by atoms with Crippen molar-refractivity contribution in [2.24, 2.45) is 0 Å². The zero-order chi connectivity index (χ0) is 13.4. The molecule has 0 aromatic heterocycles. The second-order valence-electron chi connectivity index (χ2n) is 5.31. The monoisotopic (exact) mass is 263 g/mol. The summed E-state index contributed by atoms with van der Waals surface area (Å²) in [6.07, 6.45) is 4.60. The van der Waals surface area contributed by atoms with Crippen LogP contribution < -0.4 is 5.32 Å². The largest absolute Gasteiger partial charge is 0.378 e. The van der Waals surface area contributed by atoms with Gasteiger partial charge in [0.05, 0.1) is 6.61 Å². The Labute approximate surface area is 116 Å². The molecule has 1 N–H and O–H groups in total. The zero-order valence-electron chi connectivity index (χ0n) is 11.9. The molecular weight excluding hydrogens is 238 g/mol. The molecule has 1 aliphatic heterocycles. The van der Waals surface area contributed by atoms with Gasteiger partial charge in [-0.3, -0.25) is 0 Å². The Kier molecular flexibility index (Phi) is 5.83. The molecule has 2 rings (SSSR count). The van der Waals surface area contributed by atoms with Gasteiger partial charge in [0.15, 0.2) is 0 Å². The number of unbranched alkanes of at least 4 members (excludes halogenated alkanes) is 1. The topological polar surface area (TPSA) is 30.5 Å². The maximum absolute atomic E-state index is 5.59. The molecule has 1 heterocycles. The molecule has 1 aromatic rings. The molecule has 1 fully saturated rings. The summed E-state index contributed by atoms with van der Waals surface area (Å²) >= 11 is 0. The Hall–Kier alpha value is -0.900. The first-order valence-corrected chi connectivity index (χ1v) is 7.22. The van der Waals surface area contributed by atoms with Crippen molar-refractivity contribution in [2.75, 3.05) is 33.4 Å². The zero-order valence-corrected chi connectivity index (χ0v) is 11.9. The summed E-state index contributed by atoms with van der Waals surface area (Å²) in [5, 5.41) is 3.50. The minimum Gasteiger partial charge on any atom is -0.378 e. The van der Waals surface area contributed by atoms with Crippen LogP contribution in [0.25, 0.3) is 0 Å². The molecule has 0 spiro atoms. The summed E-state index contributed by atoms with van der Waals surface area (Å²) in [6.45, 7) is 3.50. The Balaban J connectivity index is 1.55. The van der Waals surface area contributed by atoms with Gasteiger partial charge in [-0.25, -0.2) is 0 Å². The van der Waals surface area contributed by atoms with Crippen LogP contribution in [0, 0.1) is 0 Å². The molecule has 0 amide bonds. The lowest BCUT2D eigenvalue weighted by atomic mass is 10.0. The summed E-state index contributed by atoms with van der Waals surface area (Å²) in [4.78, 5) is 0. The van der Waals surface area contributed by atoms with Gasteiger partial charge in [0.1, 0.15) is 5.60 Å². The van der Waals surface area contributed by atoms with Gasteiger partial charge in [0.25, 0.3) is 0 Å². The van der Waals surface area contributed by atoms with Crippen LogP contribution in [0.5, 0.6) is 0 Å². The van der Waals surface area contributed by atoms with E-state index in [0.29, 0.717) is 0 Å². The maximum atomic E-state index is 5.59. The standard InChI is InChI=1S/C16H25NO2/c1-18-16(10-12-19-14-16)13-17-11-6-5-9-15-7-3-2-4-8-15/h2-4,7-8,17H,5-6,9-14H2,1H3. The first kappa shape index (κ1) is 14.5. The second-order valence-corrected chi connectivity index (χ2v) is 5.31. The number of hydrogen-bond acceptors (Lipinski definition) is 3. The molecule has 106 valence electrons. The number of aryl methyl sites for hydroxylation is 1. The van der Waals surface area contributed by atoms with Crippen LogP contribution in [0.1, 0.15) is 24.8 Å². The quantitative estimate of drug-likeness (QED) is 0.731. The molecule has 1 unspecified atom stereocenters. The van der Waals surface area contributed by atoms with Gasteiger partial charge in [0, 0.05) is 26.7 Å². The van der Waals surface area contributed by atoms with E-state index in [2.05, 4.69) is 35.6 Å². The lowest BCUT2D eigenvalue weighted by Gasteiger charge is -2.26. The third-order valence-electron chi connectivity index (χ3n) is 3.86. The molecule has 3 heteroatoms. The van der Waals surface area contributed by atoms with E-state index in [4.69, 9.17) is 9.47 Å². The van der Waals surface area contributed by atoms with Crippen LogP contribution in [-0.4, -0.2) is 39.0 Å². The van der Waals surface area contributed by atoms with Crippen molar-refractivity contribution in [3.05, 3.63) is 35.9 Å². The van der Waals surface area contributed by atoms with Crippen LogP contribution >= 0.6 is 0 Å². The Morgan fingerprint density at radius 2 is 2.11 bits per heavy atom. The lowest BCUT2D eigenvalue weighted by Crippen LogP contribution is -2.43. The first-order chi connectivity index (χ1) is 9.35. The summed E-state index contributed by atoms with van der Waals surface area (Å²) < 4.78 is 11.0. The second kappa shape index (κ2) is 7.63. The van der Waals surface area contributed by atoms with Crippen molar-refractivity contribution >= 4 is 0 Å². The highest BCUT2D eigenvalue weighted by molar-refractivity contribution is 5.14. The van der Waals surface area contributed by atoms with E-state index < -0.39 is 0 Å². The van der Waals surface area contributed by atoms with Gasteiger partial charge in [-0.05, 0) is 31.4 Å². The van der Waals surface area contributed by atoms with Crippen LogP contribution in [0.3, 0.4) is 0 Å². The van der Waals surface area contributed by atoms with E-state index in [1.165, 1.54) is 24.8 Å². The van der Waals surface area contributed by atoms with E-state index in [-0.39, 0.29) is 5.60 Å². The number of methoxy groups -OCH3 is 1. The van der Waals surface area contributed by atoms with Crippen molar-refractivity contribution in [3.63, 3.8) is 0 Å². The van der Waals surface area contributed by atoms with E-state index in [1.807, 2.05) is 0 Å². The summed E-state index contributed by atoms with van der Waals surface area (Å²) in [5.41, 5.74) is 1.35. The van der Waals surface area contributed by atoms with Gasteiger partial charge in [-0.1, -0.05) is 30.3 Å². The average molecular weight is 263 g/mol. The maximum Gasteiger partial charge on any atom is 0.106 e. The van der Waals surface area contributed by atoms with Crippen molar-refractivity contribution < 1.29 is 9.47 Å². The Morgan fingerprint density at radius 3 is 2.79 bits per heavy atom. The molecule has 0 aliphatic carbocycles. The summed E-state index contributed by atoms with van der Waals surface area (Å²) in [5.74, 6) is 0. The van der Waals surface area contributed by atoms with Crippen LogP contribution in [-0.2, 0) is 15.9 Å². The number of nitrogens with one attached hydrogen (secondary N) is 1. The molecule has 0 radical (unpaired) electrons. The smallest absolute Gasteiger partial charge is 0.106 e. The third kappa shape index (κ3) is 4.60. The Bertz CT molecular complexity index is 347. The highest BCUT2D eigenvalue weighted by Crippen LogP contribution is 2.21. The van der Waals surface area contributed by atoms with Crippen molar-refractivity contribution in [2.45, 2.75) is 31.3 Å². The molecule has 19 heavy (non-hydrogen) atoms. The molecule has 0 bridgehead atoms. The van der Waals surface area contributed by atoms with Crippen LogP contribution in [0.4, 0.5) is 0 Å². The third-order valence-corrected chi connectivity index (χ3v) is 3.86. The number of rotatable bonds is 8. The van der Waals surface area contributed by atoms with Gasteiger partial charge in [0.2, 0.25) is 0 Å². The highest BCUT2D eigenvalue weighted by Gasteiger charge is 2.34. The molecular formula is C16H25NO2. The van der Waals surface area contributed by atoms with E-state index in [9.17, 15) is 0 Å². The van der Waals surface area contributed by atoms with E-state index >= 15 is 0 Å². The highest BCUT2D eigenvalue weighted by atomic mass is 16.5. The first-order valence-electron chi connectivity index (χ1n) is 7.22. The lowest BCUT2D eigenvalue weighted by molar-refractivity contribution is -0.0156. The fraction of sp³-hybridized carbons (Fsp3) is 0.625. The van der Waals surface area contributed by atoms with Gasteiger partial charge in [-0.15, -0.1) is 0 Å². The van der Waals surface area contributed by atoms with E-state index in [0.717, 1.165) is 32.7 Å². The van der Waals surface area contributed by atoms with Crippen LogP contribution in [0.15, 0.2) is 30.3 Å². The number of hydrogen-bond donors (Lipinski definition) is 1. The molecule has 1 saturated heterocycles. The van der Waals surface area contributed by atoms with Crippen molar-refractivity contribution in [3.8, 4) is 0 Å². The van der Waals surface area contributed by atoms with Crippen LogP contribution in [0.2, 0.25) is 0 Å². The van der Waals surface area contributed by atoms with Crippen molar-refractivity contribution in [1.29, 1.82) is 0 Å². The normalized spacial score (nSPS) is 22.8.